The Hall–Kier alpha value is -1.26. The molecule has 170 valence electrons. The van der Waals surface area contributed by atoms with Gasteiger partial charge in [0.2, 0.25) is 0 Å². The highest BCUT2D eigenvalue weighted by Gasteiger charge is 2.22. The lowest BCUT2D eigenvalue weighted by atomic mass is 9.99. The number of rotatable bonds is 7. The highest BCUT2D eigenvalue weighted by molar-refractivity contribution is 14.0. The van der Waals surface area contributed by atoms with Crippen LogP contribution in [-0.2, 0) is 17.7 Å². The van der Waals surface area contributed by atoms with Gasteiger partial charge in [0.25, 0.3) is 0 Å². The van der Waals surface area contributed by atoms with E-state index in [1.165, 1.54) is 11.1 Å². The zero-order valence-electron chi connectivity index (χ0n) is 18.8. The van der Waals surface area contributed by atoms with Gasteiger partial charge in [-0.05, 0) is 49.4 Å². The second-order valence-corrected chi connectivity index (χ2v) is 7.62. The fourth-order valence-corrected chi connectivity index (χ4v) is 4.26. The van der Waals surface area contributed by atoms with E-state index in [1.54, 1.807) is 14.2 Å². The molecule has 2 aliphatic heterocycles. The molecule has 0 aliphatic carbocycles. The van der Waals surface area contributed by atoms with Crippen molar-refractivity contribution in [3.8, 4) is 11.5 Å². The Morgan fingerprint density at radius 2 is 1.77 bits per heavy atom. The first-order valence-electron chi connectivity index (χ1n) is 10.7. The molecule has 2 heterocycles. The highest BCUT2D eigenvalue weighted by Crippen LogP contribution is 2.33. The van der Waals surface area contributed by atoms with E-state index >= 15 is 0 Å². The molecule has 0 aromatic heterocycles. The molecule has 2 aliphatic rings. The van der Waals surface area contributed by atoms with Crippen LogP contribution in [0.2, 0.25) is 0 Å². The minimum atomic E-state index is 0. The van der Waals surface area contributed by atoms with Gasteiger partial charge in [0.15, 0.2) is 17.5 Å². The Morgan fingerprint density at radius 3 is 2.37 bits per heavy atom. The van der Waals surface area contributed by atoms with Gasteiger partial charge in [-0.25, -0.2) is 0 Å². The molecule has 0 radical (unpaired) electrons. The second-order valence-electron chi connectivity index (χ2n) is 7.62. The topological polar surface area (TPSA) is 58.6 Å². The summed E-state index contributed by atoms with van der Waals surface area (Å²) in [4.78, 5) is 9.31. The number of aliphatic imine (C=N–C) groups is 1. The average molecular weight is 532 g/mol. The number of benzene rings is 1. The second kappa shape index (κ2) is 12.6. The van der Waals surface area contributed by atoms with Crippen molar-refractivity contribution < 1.29 is 14.2 Å². The van der Waals surface area contributed by atoms with Crippen LogP contribution in [0.5, 0.6) is 11.5 Å². The molecule has 0 saturated carbocycles. The van der Waals surface area contributed by atoms with Gasteiger partial charge in [-0.3, -0.25) is 9.89 Å². The number of methoxy groups -OCH3 is 2. The summed E-state index contributed by atoms with van der Waals surface area (Å²) in [7, 11) is 5.25. The number of nitrogens with one attached hydrogen (secondary N) is 1. The van der Waals surface area contributed by atoms with Gasteiger partial charge in [-0.15, -0.1) is 24.0 Å². The lowest BCUT2D eigenvalue weighted by Gasteiger charge is -2.34. The monoisotopic (exact) mass is 532 g/mol. The molecule has 8 heteroatoms. The molecule has 0 amide bonds. The zero-order chi connectivity index (χ0) is 20.6. The Balaban J connectivity index is 0.00000320. The first-order chi connectivity index (χ1) is 14.2. The van der Waals surface area contributed by atoms with Crippen LogP contribution < -0.4 is 14.8 Å². The van der Waals surface area contributed by atoms with Gasteiger partial charge < -0.3 is 24.4 Å². The molecule has 1 aromatic carbocycles. The van der Waals surface area contributed by atoms with E-state index in [0.29, 0.717) is 6.10 Å². The van der Waals surface area contributed by atoms with Gasteiger partial charge in [0, 0.05) is 52.9 Å². The highest BCUT2D eigenvalue weighted by atomic mass is 127. The first kappa shape index (κ1) is 25.0. The van der Waals surface area contributed by atoms with Crippen molar-refractivity contribution in [2.45, 2.75) is 38.8 Å². The standard InChI is InChI=1S/C22H36N4O3.HI/c1-5-29-19-7-11-26(12-8-19)22(23-2)24-9-13-25-10-6-17-14-20(27-3)21(28-4)15-18(17)16-25;/h14-15,19H,5-13,16H2,1-4H3,(H,23,24);1H. The third-order valence-electron chi connectivity index (χ3n) is 5.86. The molecule has 7 nitrogen and oxygen atoms in total. The number of ether oxygens (including phenoxy) is 3. The minimum absolute atomic E-state index is 0. The van der Waals surface area contributed by atoms with Crippen molar-refractivity contribution in [3.05, 3.63) is 23.3 Å². The largest absolute Gasteiger partial charge is 0.493 e. The number of nitrogens with zero attached hydrogens (tertiary/aromatic N) is 3. The molecule has 3 rings (SSSR count). The lowest BCUT2D eigenvalue weighted by Crippen LogP contribution is -2.48. The van der Waals surface area contributed by atoms with Crippen LogP contribution in [0, 0.1) is 0 Å². The van der Waals surface area contributed by atoms with E-state index in [2.05, 4.69) is 39.2 Å². The smallest absolute Gasteiger partial charge is 0.193 e. The number of hydrogen-bond donors (Lipinski definition) is 1. The van der Waals surface area contributed by atoms with Gasteiger partial charge in [-0.1, -0.05) is 0 Å². The molecule has 0 bridgehead atoms. The van der Waals surface area contributed by atoms with Crippen LogP contribution in [-0.4, -0.2) is 82.5 Å². The summed E-state index contributed by atoms with van der Waals surface area (Å²) in [6.07, 6.45) is 3.58. The van der Waals surface area contributed by atoms with Crippen molar-refractivity contribution in [3.63, 3.8) is 0 Å². The number of guanidine groups is 1. The molecule has 0 atom stereocenters. The van der Waals surface area contributed by atoms with E-state index in [0.717, 1.165) is 82.6 Å². The van der Waals surface area contributed by atoms with Crippen molar-refractivity contribution in [1.82, 2.24) is 15.1 Å². The molecular weight excluding hydrogens is 495 g/mol. The van der Waals surface area contributed by atoms with Crippen LogP contribution in [0.15, 0.2) is 17.1 Å². The molecular formula is C22H37IN4O3. The number of hydrogen-bond acceptors (Lipinski definition) is 5. The summed E-state index contributed by atoms with van der Waals surface area (Å²) in [6, 6.07) is 4.24. The van der Waals surface area contributed by atoms with Gasteiger partial charge in [0.1, 0.15) is 0 Å². The molecule has 30 heavy (non-hydrogen) atoms. The van der Waals surface area contributed by atoms with Crippen LogP contribution in [0.3, 0.4) is 0 Å². The normalized spacial score (nSPS) is 17.9. The van der Waals surface area contributed by atoms with Crippen molar-refractivity contribution >= 4 is 29.9 Å². The van der Waals surface area contributed by atoms with Crippen molar-refractivity contribution in [2.75, 3.05) is 60.6 Å². The number of halogens is 1. The van der Waals surface area contributed by atoms with Crippen LogP contribution in [0.25, 0.3) is 0 Å². The molecule has 0 spiro atoms. The van der Waals surface area contributed by atoms with Crippen molar-refractivity contribution in [2.24, 2.45) is 4.99 Å². The number of likely N-dealkylation sites (tertiary alicyclic amines) is 1. The average Bonchev–Trinajstić information content (AvgIpc) is 2.76. The van der Waals surface area contributed by atoms with E-state index in [9.17, 15) is 0 Å². The maximum atomic E-state index is 5.75. The maximum Gasteiger partial charge on any atom is 0.193 e. The van der Waals surface area contributed by atoms with E-state index in [4.69, 9.17) is 14.2 Å². The maximum absolute atomic E-state index is 5.75. The Kier molecular flexibility index (Phi) is 10.5. The number of fused-ring (bicyclic) bond motifs is 1. The predicted molar refractivity (Wildman–Crippen MR) is 132 cm³/mol. The summed E-state index contributed by atoms with van der Waals surface area (Å²) >= 11 is 0. The quantitative estimate of drug-likeness (QED) is 0.331. The lowest BCUT2D eigenvalue weighted by molar-refractivity contribution is 0.0263. The molecule has 1 fully saturated rings. The predicted octanol–water partition coefficient (Wildman–Crippen LogP) is 2.76. The first-order valence-corrected chi connectivity index (χ1v) is 10.7. The van der Waals surface area contributed by atoms with Crippen LogP contribution in [0.4, 0.5) is 0 Å². The summed E-state index contributed by atoms with van der Waals surface area (Å²) in [5.41, 5.74) is 2.69. The summed E-state index contributed by atoms with van der Waals surface area (Å²) in [5, 5.41) is 3.55. The van der Waals surface area contributed by atoms with Crippen molar-refractivity contribution in [1.29, 1.82) is 0 Å². The molecule has 0 unspecified atom stereocenters. The Bertz CT molecular complexity index is 693. The molecule has 1 N–H and O–H groups in total. The fourth-order valence-electron chi connectivity index (χ4n) is 4.26. The third kappa shape index (κ3) is 6.37. The van der Waals surface area contributed by atoms with Crippen LogP contribution in [0.1, 0.15) is 30.9 Å². The minimum Gasteiger partial charge on any atom is -0.493 e. The van der Waals surface area contributed by atoms with Gasteiger partial charge in [0.05, 0.1) is 20.3 Å². The number of piperidine rings is 1. The van der Waals surface area contributed by atoms with Crippen LogP contribution >= 0.6 is 24.0 Å². The Labute approximate surface area is 198 Å². The van der Waals surface area contributed by atoms with E-state index < -0.39 is 0 Å². The fraction of sp³-hybridized carbons (Fsp3) is 0.682. The van der Waals surface area contributed by atoms with E-state index in [-0.39, 0.29) is 24.0 Å². The zero-order valence-corrected chi connectivity index (χ0v) is 21.1. The van der Waals surface area contributed by atoms with E-state index in [1.807, 2.05) is 7.05 Å². The summed E-state index contributed by atoms with van der Waals surface area (Å²) < 4.78 is 16.7. The van der Waals surface area contributed by atoms with Gasteiger partial charge >= 0.3 is 0 Å². The molecule has 1 aromatic rings. The molecule has 1 saturated heterocycles. The van der Waals surface area contributed by atoms with Gasteiger partial charge in [-0.2, -0.15) is 0 Å². The Morgan fingerprint density at radius 1 is 1.10 bits per heavy atom. The summed E-state index contributed by atoms with van der Waals surface area (Å²) in [5.74, 6) is 2.63. The third-order valence-corrected chi connectivity index (χ3v) is 5.86. The SMILES string of the molecule is CCOC1CCN(C(=NC)NCCN2CCc3cc(OC)c(OC)cc3C2)CC1.I. The summed E-state index contributed by atoms with van der Waals surface area (Å²) in [6.45, 7) is 8.75.